The third-order valence-corrected chi connectivity index (χ3v) is 3.12. The van der Waals surface area contributed by atoms with Crippen LogP contribution in [0.4, 0.5) is 17.5 Å². The van der Waals surface area contributed by atoms with Gasteiger partial charge in [-0.1, -0.05) is 36.4 Å². The highest BCUT2D eigenvalue weighted by Crippen LogP contribution is 2.23. The number of benzene rings is 2. The van der Waals surface area contributed by atoms with E-state index in [1.165, 1.54) is 6.20 Å². The number of fused-ring (bicyclic) bond motifs is 1. The first-order chi connectivity index (χ1) is 10.1. The zero-order chi connectivity index (χ0) is 14.8. The number of nitrogens with two attached hydrogens (primary N) is 2. The SMILES string of the molecule is Nc1ncc(C(=O)Nc2cccc3ccccc23)c(N)n1. The van der Waals surface area contributed by atoms with Gasteiger partial charge in [0.05, 0.1) is 0 Å². The summed E-state index contributed by atoms with van der Waals surface area (Å²) >= 11 is 0. The second kappa shape index (κ2) is 5.09. The summed E-state index contributed by atoms with van der Waals surface area (Å²) < 4.78 is 0. The van der Waals surface area contributed by atoms with E-state index in [0.717, 1.165) is 10.8 Å². The van der Waals surface area contributed by atoms with Gasteiger partial charge in [-0.15, -0.1) is 0 Å². The van der Waals surface area contributed by atoms with Crippen molar-refractivity contribution in [2.45, 2.75) is 0 Å². The molecule has 0 aliphatic rings. The zero-order valence-electron chi connectivity index (χ0n) is 11.1. The molecule has 0 saturated carbocycles. The highest BCUT2D eigenvalue weighted by atomic mass is 16.1. The highest BCUT2D eigenvalue weighted by Gasteiger charge is 2.13. The molecule has 3 rings (SSSR count). The molecule has 0 spiro atoms. The Morgan fingerprint density at radius 1 is 1.05 bits per heavy atom. The normalized spacial score (nSPS) is 10.5. The van der Waals surface area contributed by atoms with Crippen LogP contribution in [0.3, 0.4) is 0 Å². The predicted octanol–water partition coefficient (Wildman–Crippen LogP) is 2.05. The fourth-order valence-electron chi connectivity index (χ4n) is 2.11. The lowest BCUT2D eigenvalue weighted by Gasteiger charge is -2.09. The van der Waals surface area contributed by atoms with Gasteiger partial charge in [-0.25, -0.2) is 4.98 Å². The van der Waals surface area contributed by atoms with E-state index < -0.39 is 0 Å². The number of rotatable bonds is 2. The first kappa shape index (κ1) is 12.9. The third-order valence-electron chi connectivity index (χ3n) is 3.12. The molecular formula is C15H13N5O. The maximum atomic E-state index is 12.3. The molecule has 1 aromatic heterocycles. The van der Waals surface area contributed by atoms with Crippen molar-refractivity contribution < 1.29 is 4.79 Å². The number of carbonyl (C=O) groups is 1. The predicted molar refractivity (Wildman–Crippen MR) is 82.8 cm³/mol. The fraction of sp³-hybridized carbons (Fsp3) is 0. The van der Waals surface area contributed by atoms with Gasteiger partial charge in [0, 0.05) is 17.3 Å². The van der Waals surface area contributed by atoms with Crippen LogP contribution in [-0.2, 0) is 0 Å². The van der Waals surface area contributed by atoms with E-state index in [9.17, 15) is 4.79 Å². The molecule has 0 radical (unpaired) electrons. The van der Waals surface area contributed by atoms with Gasteiger partial charge in [-0.2, -0.15) is 4.98 Å². The quantitative estimate of drug-likeness (QED) is 0.665. The summed E-state index contributed by atoms with van der Waals surface area (Å²) in [7, 11) is 0. The summed E-state index contributed by atoms with van der Waals surface area (Å²) in [6, 6.07) is 13.5. The van der Waals surface area contributed by atoms with Crippen LogP contribution in [0, 0.1) is 0 Å². The molecule has 2 aromatic carbocycles. The molecule has 1 heterocycles. The van der Waals surface area contributed by atoms with Crippen LogP contribution < -0.4 is 16.8 Å². The van der Waals surface area contributed by atoms with E-state index >= 15 is 0 Å². The molecule has 0 bridgehead atoms. The average Bonchev–Trinajstić information content (AvgIpc) is 2.47. The van der Waals surface area contributed by atoms with Crippen LogP contribution in [0.5, 0.6) is 0 Å². The molecule has 0 unspecified atom stereocenters. The standard InChI is InChI=1S/C15H13N5O/c16-13-11(8-18-15(17)20-13)14(21)19-12-7-3-5-9-4-1-2-6-10(9)12/h1-8H,(H,19,21)(H4,16,17,18,20). The Kier molecular flexibility index (Phi) is 3.12. The summed E-state index contributed by atoms with van der Waals surface area (Å²) in [4.78, 5) is 19.9. The molecule has 0 atom stereocenters. The average molecular weight is 279 g/mol. The van der Waals surface area contributed by atoms with Gasteiger partial charge in [0.15, 0.2) is 0 Å². The topological polar surface area (TPSA) is 107 Å². The first-order valence-electron chi connectivity index (χ1n) is 6.32. The number of nitrogen functional groups attached to an aromatic ring is 2. The Bertz CT molecular complexity index is 826. The van der Waals surface area contributed by atoms with Crippen molar-refractivity contribution >= 4 is 34.1 Å². The van der Waals surface area contributed by atoms with Crippen LogP contribution in [-0.4, -0.2) is 15.9 Å². The molecule has 6 heteroatoms. The zero-order valence-corrected chi connectivity index (χ0v) is 11.1. The summed E-state index contributed by atoms with van der Waals surface area (Å²) in [5.41, 5.74) is 12.0. The number of nitrogens with one attached hydrogen (secondary N) is 1. The number of hydrogen-bond donors (Lipinski definition) is 3. The number of carbonyl (C=O) groups excluding carboxylic acids is 1. The maximum absolute atomic E-state index is 12.3. The van der Waals surface area contributed by atoms with Gasteiger partial charge in [-0.3, -0.25) is 4.79 Å². The van der Waals surface area contributed by atoms with Gasteiger partial charge < -0.3 is 16.8 Å². The van der Waals surface area contributed by atoms with E-state index in [2.05, 4.69) is 15.3 Å². The van der Waals surface area contributed by atoms with Crippen LogP contribution in [0.15, 0.2) is 48.7 Å². The van der Waals surface area contributed by atoms with Crippen molar-refractivity contribution in [3.05, 3.63) is 54.2 Å². The Morgan fingerprint density at radius 3 is 2.62 bits per heavy atom. The maximum Gasteiger partial charge on any atom is 0.261 e. The second-order valence-corrected chi connectivity index (χ2v) is 4.51. The lowest BCUT2D eigenvalue weighted by molar-refractivity contribution is 0.102. The summed E-state index contributed by atoms with van der Waals surface area (Å²) in [6.07, 6.45) is 1.32. The van der Waals surface area contributed by atoms with E-state index in [4.69, 9.17) is 11.5 Å². The molecule has 104 valence electrons. The van der Waals surface area contributed by atoms with Gasteiger partial charge in [0.1, 0.15) is 11.4 Å². The minimum atomic E-state index is -0.371. The molecule has 3 aromatic rings. The molecule has 21 heavy (non-hydrogen) atoms. The molecule has 0 fully saturated rings. The lowest BCUT2D eigenvalue weighted by Crippen LogP contribution is -2.16. The molecular weight excluding hydrogens is 266 g/mol. The summed E-state index contributed by atoms with van der Waals surface area (Å²) in [6.45, 7) is 0. The number of nitrogens with zero attached hydrogens (tertiary/aromatic N) is 2. The van der Waals surface area contributed by atoms with E-state index in [1.807, 2.05) is 42.5 Å². The monoisotopic (exact) mass is 279 g/mol. The van der Waals surface area contributed by atoms with Crippen molar-refractivity contribution in [1.82, 2.24) is 9.97 Å². The summed E-state index contributed by atoms with van der Waals surface area (Å²) in [5.74, 6) is -0.279. The van der Waals surface area contributed by atoms with Crippen LogP contribution in [0.25, 0.3) is 10.8 Å². The third kappa shape index (κ3) is 2.46. The fourth-order valence-corrected chi connectivity index (χ4v) is 2.11. The smallest absolute Gasteiger partial charge is 0.261 e. The number of anilines is 3. The van der Waals surface area contributed by atoms with Gasteiger partial charge in [0.2, 0.25) is 5.95 Å². The minimum absolute atomic E-state index is 0.0363. The van der Waals surface area contributed by atoms with Crippen molar-refractivity contribution in [3.63, 3.8) is 0 Å². The van der Waals surface area contributed by atoms with Crippen molar-refractivity contribution in [2.24, 2.45) is 0 Å². The van der Waals surface area contributed by atoms with E-state index in [0.29, 0.717) is 5.69 Å². The Labute approximate surface area is 120 Å². The van der Waals surface area contributed by atoms with Crippen LogP contribution in [0.2, 0.25) is 0 Å². The molecule has 0 saturated heterocycles. The lowest BCUT2D eigenvalue weighted by atomic mass is 10.1. The van der Waals surface area contributed by atoms with E-state index in [1.54, 1.807) is 0 Å². The Balaban J connectivity index is 1.97. The molecule has 5 N–H and O–H groups in total. The molecule has 6 nitrogen and oxygen atoms in total. The minimum Gasteiger partial charge on any atom is -0.383 e. The van der Waals surface area contributed by atoms with Crippen molar-refractivity contribution in [2.75, 3.05) is 16.8 Å². The Hall–Kier alpha value is -3.15. The van der Waals surface area contributed by atoms with Crippen LogP contribution >= 0.6 is 0 Å². The largest absolute Gasteiger partial charge is 0.383 e. The van der Waals surface area contributed by atoms with E-state index in [-0.39, 0.29) is 23.2 Å². The highest BCUT2D eigenvalue weighted by molar-refractivity contribution is 6.11. The Morgan fingerprint density at radius 2 is 1.81 bits per heavy atom. The van der Waals surface area contributed by atoms with Crippen LogP contribution in [0.1, 0.15) is 10.4 Å². The van der Waals surface area contributed by atoms with Gasteiger partial charge in [-0.05, 0) is 11.5 Å². The van der Waals surface area contributed by atoms with Gasteiger partial charge in [0.25, 0.3) is 5.91 Å². The second-order valence-electron chi connectivity index (χ2n) is 4.51. The number of hydrogen-bond acceptors (Lipinski definition) is 5. The van der Waals surface area contributed by atoms with Crippen molar-refractivity contribution in [3.8, 4) is 0 Å². The molecule has 1 amide bonds. The van der Waals surface area contributed by atoms with Gasteiger partial charge >= 0.3 is 0 Å². The molecule has 0 aliphatic carbocycles. The number of aromatic nitrogens is 2. The first-order valence-corrected chi connectivity index (χ1v) is 6.32. The summed E-state index contributed by atoms with van der Waals surface area (Å²) in [5, 5.41) is 4.81. The van der Waals surface area contributed by atoms with Crippen molar-refractivity contribution in [1.29, 1.82) is 0 Å². The number of amides is 1. The molecule has 0 aliphatic heterocycles.